The Morgan fingerprint density at radius 1 is 1.40 bits per heavy atom. The summed E-state index contributed by atoms with van der Waals surface area (Å²) in [6.45, 7) is 2.21. The van der Waals surface area contributed by atoms with E-state index in [4.69, 9.17) is 9.26 Å². The zero-order valence-electron chi connectivity index (χ0n) is 10.7. The molecular weight excluding hydrogens is 262 g/mol. The summed E-state index contributed by atoms with van der Waals surface area (Å²) in [5, 5.41) is 11.6. The van der Waals surface area contributed by atoms with Gasteiger partial charge in [0.2, 0.25) is 5.89 Å². The lowest BCUT2D eigenvalue weighted by atomic mass is 10.3. The van der Waals surface area contributed by atoms with Crippen LogP contribution in [-0.4, -0.2) is 37.7 Å². The molecular formula is C12H11N5O3. The SMILES string of the molecule is CCOC(=O)c1noc(Cn2nnc3ccccc32)n1. The monoisotopic (exact) mass is 273 g/mol. The lowest BCUT2D eigenvalue weighted by molar-refractivity contribution is 0.0508. The number of para-hydroxylation sites is 1. The third-order valence-electron chi connectivity index (χ3n) is 2.63. The van der Waals surface area contributed by atoms with E-state index in [1.54, 1.807) is 11.6 Å². The third-order valence-corrected chi connectivity index (χ3v) is 2.63. The van der Waals surface area contributed by atoms with E-state index in [-0.39, 0.29) is 24.9 Å². The van der Waals surface area contributed by atoms with Crippen molar-refractivity contribution in [2.45, 2.75) is 13.5 Å². The standard InChI is InChI=1S/C12H11N5O3/c1-2-19-12(18)11-13-10(20-15-11)7-17-9-6-4-3-5-8(9)14-16-17/h3-6H,2,7H2,1H3. The van der Waals surface area contributed by atoms with Gasteiger partial charge < -0.3 is 9.26 Å². The number of ether oxygens (including phenoxy) is 1. The van der Waals surface area contributed by atoms with Crippen molar-refractivity contribution in [3.63, 3.8) is 0 Å². The van der Waals surface area contributed by atoms with Crippen LogP contribution in [0, 0.1) is 0 Å². The molecule has 0 atom stereocenters. The summed E-state index contributed by atoms with van der Waals surface area (Å²) >= 11 is 0. The molecule has 0 aliphatic rings. The predicted molar refractivity (Wildman–Crippen MR) is 66.9 cm³/mol. The van der Waals surface area contributed by atoms with E-state index in [1.165, 1.54) is 0 Å². The molecule has 8 nitrogen and oxygen atoms in total. The molecule has 3 aromatic rings. The minimum absolute atomic E-state index is 0.0914. The summed E-state index contributed by atoms with van der Waals surface area (Å²) in [7, 11) is 0. The Morgan fingerprint density at radius 2 is 2.25 bits per heavy atom. The average molecular weight is 273 g/mol. The molecule has 3 rings (SSSR count). The fraction of sp³-hybridized carbons (Fsp3) is 0.250. The Morgan fingerprint density at radius 3 is 3.10 bits per heavy atom. The Hall–Kier alpha value is -2.77. The van der Waals surface area contributed by atoms with Crippen molar-refractivity contribution in [3.05, 3.63) is 36.0 Å². The van der Waals surface area contributed by atoms with E-state index in [0.29, 0.717) is 0 Å². The molecule has 0 radical (unpaired) electrons. The third kappa shape index (κ3) is 2.22. The van der Waals surface area contributed by atoms with Gasteiger partial charge in [-0.1, -0.05) is 17.3 Å². The number of fused-ring (bicyclic) bond motifs is 1. The van der Waals surface area contributed by atoms with Crippen LogP contribution in [0.4, 0.5) is 0 Å². The number of aromatic nitrogens is 5. The van der Waals surface area contributed by atoms with Gasteiger partial charge in [0.1, 0.15) is 12.1 Å². The van der Waals surface area contributed by atoms with E-state index in [9.17, 15) is 4.79 Å². The first kappa shape index (κ1) is 12.3. The number of carbonyl (C=O) groups is 1. The van der Waals surface area contributed by atoms with Crippen molar-refractivity contribution in [2.75, 3.05) is 6.61 Å². The molecule has 20 heavy (non-hydrogen) atoms. The second kappa shape index (κ2) is 5.08. The van der Waals surface area contributed by atoms with Crippen LogP contribution in [0.5, 0.6) is 0 Å². The number of carbonyl (C=O) groups excluding carboxylic acids is 1. The van der Waals surface area contributed by atoms with Gasteiger partial charge in [0.05, 0.1) is 12.1 Å². The minimum atomic E-state index is -0.606. The van der Waals surface area contributed by atoms with Crippen LogP contribution in [0.25, 0.3) is 11.0 Å². The highest BCUT2D eigenvalue weighted by atomic mass is 16.5. The molecule has 0 unspecified atom stereocenters. The van der Waals surface area contributed by atoms with Crippen LogP contribution < -0.4 is 0 Å². The predicted octanol–water partition coefficient (Wildman–Crippen LogP) is 1.04. The number of esters is 1. The Kier molecular flexibility index (Phi) is 3.12. The maximum Gasteiger partial charge on any atom is 0.379 e. The molecule has 0 bridgehead atoms. The summed E-state index contributed by atoms with van der Waals surface area (Å²) in [6.07, 6.45) is 0. The van der Waals surface area contributed by atoms with Gasteiger partial charge in [-0.05, 0) is 24.2 Å². The molecule has 0 aliphatic heterocycles. The number of rotatable bonds is 4. The van der Waals surface area contributed by atoms with E-state index >= 15 is 0 Å². The number of hydrogen-bond acceptors (Lipinski definition) is 7. The first-order valence-corrected chi connectivity index (χ1v) is 6.06. The highest BCUT2D eigenvalue weighted by Crippen LogP contribution is 2.11. The summed E-state index contributed by atoms with van der Waals surface area (Å²) in [5.41, 5.74) is 1.63. The van der Waals surface area contributed by atoms with Crippen molar-refractivity contribution in [1.29, 1.82) is 0 Å². The molecule has 2 aromatic heterocycles. The van der Waals surface area contributed by atoms with E-state index in [2.05, 4.69) is 20.5 Å². The Bertz CT molecular complexity index is 748. The van der Waals surface area contributed by atoms with Crippen LogP contribution in [0.3, 0.4) is 0 Å². The maximum absolute atomic E-state index is 11.4. The maximum atomic E-state index is 11.4. The second-order valence-corrected chi connectivity index (χ2v) is 3.97. The largest absolute Gasteiger partial charge is 0.460 e. The number of benzene rings is 1. The van der Waals surface area contributed by atoms with Crippen molar-refractivity contribution >= 4 is 17.0 Å². The first-order valence-electron chi connectivity index (χ1n) is 6.06. The van der Waals surface area contributed by atoms with Crippen molar-refractivity contribution in [3.8, 4) is 0 Å². The van der Waals surface area contributed by atoms with Gasteiger partial charge in [0, 0.05) is 0 Å². The molecule has 0 fully saturated rings. The average Bonchev–Trinajstić information content (AvgIpc) is 3.08. The zero-order chi connectivity index (χ0) is 13.9. The van der Waals surface area contributed by atoms with E-state index in [0.717, 1.165) is 11.0 Å². The van der Waals surface area contributed by atoms with Crippen LogP contribution >= 0.6 is 0 Å². The van der Waals surface area contributed by atoms with Gasteiger partial charge >= 0.3 is 5.97 Å². The molecule has 2 heterocycles. The Balaban J connectivity index is 1.83. The summed E-state index contributed by atoms with van der Waals surface area (Å²) in [6, 6.07) is 7.52. The fourth-order valence-electron chi connectivity index (χ4n) is 1.76. The summed E-state index contributed by atoms with van der Waals surface area (Å²) in [4.78, 5) is 15.4. The van der Waals surface area contributed by atoms with Crippen LogP contribution in [0.1, 0.15) is 23.4 Å². The molecule has 0 aliphatic carbocycles. The van der Waals surface area contributed by atoms with Gasteiger partial charge in [0.25, 0.3) is 5.82 Å². The van der Waals surface area contributed by atoms with E-state index in [1.807, 2.05) is 24.3 Å². The molecule has 8 heteroatoms. The van der Waals surface area contributed by atoms with Crippen molar-refractivity contribution in [1.82, 2.24) is 25.1 Å². The minimum Gasteiger partial charge on any atom is -0.460 e. The number of hydrogen-bond donors (Lipinski definition) is 0. The van der Waals surface area contributed by atoms with Crippen LogP contribution in [0.2, 0.25) is 0 Å². The molecule has 0 saturated heterocycles. The van der Waals surface area contributed by atoms with Gasteiger partial charge in [0.15, 0.2) is 0 Å². The van der Waals surface area contributed by atoms with Gasteiger partial charge in [-0.3, -0.25) is 0 Å². The van der Waals surface area contributed by atoms with Crippen LogP contribution in [-0.2, 0) is 11.3 Å². The normalized spacial score (nSPS) is 10.8. The molecule has 102 valence electrons. The van der Waals surface area contributed by atoms with Crippen molar-refractivity contribution in [2.24, 2.45) is 0 Å². The smallest absolute Gasteiger partial charge is 0.379 e. The highest BCUT2D eigenvalue weighted by molar-refractivity contribution is 5.84. The van der Waals surface area contributed by atoms with Gasteiger partial charge in [-0.15, -0.1) is 5.10 Å². The van der Waals surface area contributed by atoms with Crippen molar-refractivity contribution < 1.29 is 14.1 Å². The molecule has 0 spiro atoms. The lowest BCUT2D eigenvalue weighted by Crippen LogP contribution is -2.07. The fourth-order valence-corrected chi connectivity index (χ4v) is 1.76. The van der Waals surface area contributed by atoms with Gasteiger partial charge in [-0.25, -0.2) is 9.48 Å². The number of nitrogens with zero attached hydrogens (tertiary/aromatic N) is 5. The topological polar surface area (TPSA) is 95.9 Å². The molecule has 0 amide bonds. The molecule has 0 saturated carbocycles. The van der Waals surface area contributed by atoms with E-state index < -0.39 is 5.97 Å². The molecule has 1 aromatic carbocycles. The summed E-state index contributed by atoms with van der Waals surface area (Å²) < 4.78 is 11.4. The highest BCUT2D eigenvalue weighted by Gasteiger charge is 2.16. The first-order chi connectivity index (χ1) is 9.78. The molecule has 0 N–H and O–H groups in total. The Labute approximate surface area is 113 Å². The quantitative estimate of drug-likeness (QED) is 0.655. The second-order valence-electron chi connectivity index (χ2n) is 3.97. The van der Waals surface area contributed by atoms with Gasteiger partial charge in [-0.2, -0.15) is 4.98 Å². The summed E-state index contributed by atoms with van der Waals surface area (Å²) in [5.74, 6) is -0.430. The van der Waals surface area contributed by atoms with Crippen LogP contribution in [0.15, 0.2) is 28.8 Å². The lowest BCUT2D eigenvalue weighted by Gasteiger charge is -1.96. The zero-order valence-corrected chi connectivity index (χ0v) is 10.7.